The molecular weight excluding hydrogens is 278 g/mol. The summed E-state index contributed by atoms with van der Waals surface area (Å²) in [5.74, 6) is 1.70. The van der Waals surface area contributed by atoms with Crippen molar-refractivity contribution in [2.45, 2.75) is 31.2 Å². The molecule has 116 valence electrons. The summed E-state index contributed by atoms with van der Waals surface area (Å²) in [6.45, 7) is 0.444. The topological polar surface area (TPSA) is 56.1 Å². The lowest BCUT2D eigenvalue weighted by molar-refractivity contribution is -0.130. The second-order valence-electron chi connectivity index (χ2n) is 5.77. The van der Waals surface area contributed by atoms with Crippen molar-refractivity contribution in [1.29, 1.82) is 0 Å². The molecule has 1 aliphatic rings. The van der Waals surface area contributed by atoms with E-state index in [4.69, 9.17) is 4.74 Å². The summed E-state index contributed by atoms with van der Waals surface area (Å²) < 4.78 is 7.36. The van der Waals surface area contributed by atoms with Crippen LogP contribution in [-0.4, -0.2) is 22.6 Å². The Morgan fingerprint density at radius 2 is 2.18 bits per heavy atom. The molecule has 1 heterocycles. The van der Waals surface area contributed by atoms with Crippen LogP contribution in [0, 0.1) is 0 Å². The van der Waals surface area contributed by atoms with E-state index in [9.17, 15) is 4.79 Å². The maximum atomic E-state index is 12.8. The maximum absolute atomic E-state index is 12.8. The van der Waals surface area contributed by atoms with Gasteiger partial charge in [-0.05, 0) is 18.9 Å². The van der Waals surface area contributed by atoms with Gasteiger partial charge in [-0.1, -0.05) is 24.6 Å². The Kier molecular flexibility index (Phi) is 3.88. The molecule has 5 heteroatoms. The van der Waals surface area contributed by atoms with Crippen LogP contribution in [0.5, 0.6) is 5.75 Å². The van der Waals surface area contributed by atoms with Crippen molar-refractivity contribution in [1.82, 2.24) is 14.9 Å². The SMILES string of the molecule is COc1ccccc1C1(C(=O)NCc2nccn2C)CCC1. The highest BCUT2D eigenvalue weighted by atomic mass is 16.5. The summed E-state index contributed by atoms with van der Waals surface area (Å²) in [6, 6.07) is 7.81. The van der Waals surface area contributed by atoms with Gasteiger partial charge in [-0.3, -0.25) is 4.79 Å². The van der Waals surface area contributed by atoms with Crippen molar-refractivity contribution in [3.63, 3.8) is 0 Å². The van der Waals surface area contributed by atoms with Gasteiger partial charge >= 0.3 is 0 Å². The second-order valence-corrected chi connectivity index (χ2v) is 5.77. The number of methoxy groups -OCH3 is 1. The monoisotopic (exact) mass is 299 g/mol. The lowest BCUT2D eigenvalue weighted by Crippen LogP contribution is -2.49. The number of nitrogens with one attached hydrogen (secondary N) is 1. The average Bonchev–Trinajstić information content (AvgIpc) is 2.90. The third-order valence-electron chi connectivity index (χ3n) is 4.59. The van der Waals surface area contributed by atoms with Crippen LogP contribution in [0.3, 0.4) is 0 Å². The third kappa shape index (κ3) is 2.36. The molecule has 1 aromatic heterocycles. The number of para-hydroxylation sites is 1. The first-order valence-corrected chi connectivity index (χ1v) is 7.55. The number of ether oxygens (including phenoxy) is 1. The molecule has 1 saturated carbocycles. The summed E-state index contributed by atoms with van der Waals surface area (Å²) in [7, 11) is 3.57. The van der Waals surface area contributed by atoms with Gasteiger partial charge < -0.3 is 14.6 Å². The first kappa shape index (κ1) is 14.6. The zero-order chi connectivity index (χ0) is 15.6. The molecule has 3 rings (SSSR count). The van der Waals surface area contributed by atoms with E-state index in [0.29, 0.717) is 6.54 Å². The van der Waals surface area contributed by atoms with Crippen LogP contribution < -0.4 is 10.1 Å². The van der Waals surface area contributed by atoms with E-state index in [2.05, 4.69) is 10.3 Å². The van der Waals surface area contributed by atoms with Crippen LogP contribution in [0.2, 0.25) is 0 Å². The minimum atomic E-state index is -0.461. The van der Waals surface area contributed by atoms with E-state index in [0.717, 1.165) is 36.4 Å². The molecule has 22 heavy (non-hydrogen) atoms. The number of hydrogen-bond acceptors (Lipinski definition) is 3. The Morgan fingerprint density at radius 3 is 2.77 bits per heavy atom. The number of carbonyl (C=O) groups is 1. The number of benzene rings is 1. The van der Waals surface area contributed by atoms with Gasteiger partial charge in [-0.2, -0.15) is 0 Å². The largest absolute Gasteiger partial charge is 0.496 e. The highest BCUT2D eigenvalue weighted by Crippen LogP contribution is 2.47. The van der Waals surface area contributed by atoms with Gasteiger partial charge in [-0.15, -0.1) is 0 Å². The number of amides is 1. The molecular formula is C17H21N3O2. The Labute approximate surface area is 130 Å². The molecule has 1 fully saturated rings. The summed E-state index contributed by atoms with van der Waals surface area (Å²) in [5.41, 5.74) is 0.527. The fourth-order valence-electron chi connectivity index (χ4n) is 3.08. The zero-order valence-electron chi connectivity index (χ0n) is 13.0. The molecule has 2 aromatic rings. The Bertz CT molecular complexity index is 674. The number of imidazole rings is 1. The van der Waals surface area contributed by atoms with Crippen LogP contribution in [0.15, 0.2) is 36.7 Å². The summed E-state index contributed by atoms with van der Waals surface area (Å²) in [4.78, 5) is 17.1. The highest BCUT2D eigenvalue weighted by Gasteiger charge is 2.47. The Hall–Kier alpha value is -2.30. The first-order chi connectivity index (χ1) is 10.7. The quantitative estimate of drug-likeness (QED) is 0.920. The molecule has 1 N–H and O–H groups in total. The zero-order valence-corrected chi connectivity index (χ0v) is 13.0. The van der Waals surface area contributed by atoms with Crippen LogP contribution in [0.25, 0.3) is 0 Å². The van der Waals surface area contributed by atoms with Crippen LogP contribution in [0.1, 0.15) is 30.7 Å². The standard InChI is InChI=1S/C17H21N3O2/c1-20-11-10-18-15(20)12-19-16(21)17(8-5-9-17)13-6-3-4-7-14(13)22-2/h3-4,6-7,10-11H,5,8-9,12H2,1-2H3,(H,19,21). The molecule has 1 amide bonds. The smallest absolute Gasteiger partial charge is 0.231 e. The van der Waals surface area contributed by atoms with E-state index >= 15 is 0 Å². The number of aromatic nitrogens is 2. The molecule has 5 nitrogen and oxygen atoms in total. The number of rotatable bonds is 5. The van der Waals surface area contributed by atoms with Crippen molar-refractivity contribution in [2.75, 3.05) is 7.11 Å². The number of hydrogen-bond donors (Lipinski definition) is 1. The molecule has 0 aliphatic heterocycles. The fraction of sp³-hybridized carbons (Fsp3) is 0.412. The van der Waals surface area contributed by atoms with Crippen LogP contribution in [0.4, 0.5) is 0 Å². The predicted molar refractivity (Wildman–Crippen MR) is 83.6 cm³/mol. The van der Waals surface area contributed by atoms with Gasteiger partial charge in [0.2, 0.25) is 5.91 Å². The molecule has 0 unspecified atom stereocenters. The van der Waals surface area contributed by atoms with Crippen molar-refractivity contribution < 1.29 is 9.53 Å². The van der Waals surface area contributed by atoms with E-state index in [1.807, 2.05) is 42.1 Å². The van der Waals surface area contributed by atoms with Gasteiger partial charge in [-0.25, -0.2) is 4.98 Å². The van der Waals surface area contributed by atoms with Crippen molar-refractivity contribution in [2.24, 2.45) is 7.05 Å². The molecule has 0 atom stereocenters. The molecule has 0 spiro atoms. The highest BCUT2D eigenvalue weighted by molar-refractivity contribution is 5.90. The maximum Gasteiger partial charge on any atom is 0.231 e. The number of nitrogens with zero attached hydrogens (tertiary/aromatic N) is 2. The Morgan fingerprint density at radius 1 is 1.41 bits per heavy atom. The number of carbonyl (C=O) groups excluding carboxylic acids is 1. The van der Waals surface area contributed by atoms with Crippen molar-refractivity contribution >= 4 is 5.91 Å². The van der Waals surface area contributed by atoms with E-state index < -0.39 is 5.41 Å². The molecule has 0 saturated heterocycles. The molecule has 1 aromatic carbocycles. The summed E-state index contributed by atoms with van der Waals surface area (Å²) >= 11 is 0. The lowest BCUT2D eigenvalue weighted by Gasteiger charge is -2.41. The molecule has 1 aliphatic carbocycles. The fourth-order valence-corrected chi connectivity index (χ4v) is 3.08. The summed E-state index contributed by atoms with van der Waals surface area (Å²) in [6.07, 6.45) is 6.40. The van der Waals surface area contributed by atoms with Crippen LogP contribution in [-0.2, 0) is 23.8 Å². The minimum absolute atomic E-state index is 0.0613. The number of aryl methyl sites for hydroxylation is 1. The Balaban J connectivity index is 1.80. The summed E-state index contributed by atoms with van der Waals surface area (Å²) in [5, 5.41) is 3.04. The second kappa shape index (κ2) is 5.83. The van der Waals surface area contributed by atoms with Crippen molar-refractivity contribution in [3.8, 4) is 5.75 Å². The van der Waals surface area contributed by atoms with E-state index in [1.165, 1.54) is 0 Å². The van der Waals surface area contributed by atoms with Gasteiger partial charge in [0.25, 0.3) is 0 Å². The van der Waals surface area contributed by atoms with Gasteiger partial charge in [0.15, 0.2) is 0 Å². The van der Waals surface area contributed by atoms with Crippen LogP contribution >= 0.6 is 0 Å². The molecule has 0 bridgehead atoms. The van der Waals surface area contributed by atoms with E-state index in [1.54, 1.807) is 13.3 Å². The first-order valence-electron chi connectivity index (χ1n) is 7.55. The normalized spacial score (nSPS) is 15.9. The minimum Gasteiger partial charge on any atom is -0.496 e. The van der Waals surface area contributed by atoms with Gasteiger partial charge in [0, 0.05) is 25.0 Å². The third-order valence-corrected chi connectivity index (χ3v) is 4.59. The van der Waals surface area contributed by atoms with E-state index in [-0.39, 0.29) is 5.91 Å². The predicted octanol–water partition coefficient (Wildman–Crippen LogP) is 2.17. The van der Waals surface area contributed by atoms with Gasteiger partial charge in [0.05, 0.1) is 19.1 Å². The molecule has 0 radical (unpaired) electrons. The van der Waals surface area contributed by atoms with Crippen molar-refractivity contribution in [3.05, 3.63) is 48.0 Å². The average molecular weight is 299 g/mol. The van der Waals surface area contributed by atoms with Gasteiger partial charge in [0.1, 0.15) is 11.6 Å². The lowest BCUT2D eigenvalue weighted by atomic mass is 9.63.